The van der Waals surface area contributed by atoms with Crippen LogP contribution in [0.5, 0.6) is 0 Å². The van der Waals surface area contributed by atoms with E-state index in [1.54, 1.807) is 0 Å². The van der Waals surface area contributed by atoms with E-state index in [2.05, 4.69) is 5.43 Å². The van der Waals surface area contributed by atoms with Crippen molar-refractivity contribution in [3.8, 4) is 0 Å². The van der Waals surface area contributed by atoms with Gasteiger partial charge in [-0.15, -0.1) is 11.6 Å². The number of rotatable bonds is 1. The number of nitrogens with one attached hydrogen (secondary N) is 1. The van der Waals surface area contributed by atoms with E-state index in [0.717, 1.165) is 19.3 Å². The first kappa shape index (κ1) is 5.03. The lowest BCUT2D eigenvalue weighted by molar-refractivity contribution is -0.0246. The highest BCUT2D eigenvalue weighted by Gasteiger charge is 2.66. The van der Waals surface area contributed by atoms with Crippen LogP contribution in [-0.4, -0.2) is 10.4 Å². The number of alkyl halides is 1. The molecule has 3 rings (SSSR count). The van der Waals surface area contributed by atoms with Crippen LogP contribution >= 0.6 is 11.6 Å². The van der Waals surface area contributed by atoms with Gasteiger partial charge in [-0.1, -0.05) is 0 Å². The molecule has 0 spiro atoms. The van der Waals surface area contributed by atoms with Gasteiger partial charge in [-0.3, -0.25) is 11.3 Å². The van der Waals surface area contributed by atoms with Gasteiger partial charge in [-0.25, -0.2) is 0 Å². The molecule has 0 radical (unpaired) electrons. The molecular weight excluding hydrogens is 124 g/mol. The van der Waals surface area contributed by atoms with Gasteiger partial charge in [0, 0.05) is 5.54 Å². The highest BCUT2D eigenvalue weighted by molar-refractivity contribution is 6.26. The van der Waals surface area contributed by atoms with Gasteiger partial charge >= 0.3 is 0 Å². The van der Waals surface area contributed by atoms with Gasteiger partial charge in [-0.2, -0.15) is 0 Å². The molecule has 3 aliphatic rings. The largest absolute Gasteiger partial charge is 0.271 e. The minimum atomic E-state index is 0.159. The average Bonchev–Trinajstić information content (AvgIpc) is 1.55. The van der Waals surface area contributed by atoms with Crippen molar-refractivity contribution in [1.82, 2.24) is 5.43 Å². The van der Waals surface area contributed by atoms with Crippen molar-refractivity contribution in [3.05, 3.63) is 0 Å². The highest BCUT2D eigenvalue weighted by Crippen LogP contribution is 2.63. The van der Waals surface area contributed by atoms with Crippen molar-refractivity contribution < 1.29 is 0 Å². The lowest BCUT2D eigenvalue weighted by Gasteiger charge is -2.66. The molecule has 3 saturated carbocycles. The van der Waals surface area contributed by atoms with Crippen LogP contribution in [0.2, 0.25) is 0 Å². The molecule has 0 amide bonds. The third-order valence-electron chi connectivity index (χ3n) is 2.27. The minimum Gasteiger partial charge on any atom is -0.271 e. The van der Waals surface area contributed by atoms with Crippen LogP contribution in [0, 0.1) is 0 Å². The van der Waals surface area contributed by atoms with Gasteiger partial charge in [0.2, 0.25) is 0 Å². The molecule has 0 aliphatic heterocycles. The third kappa shape index (κ3) is 0.375. The van der Waals surface area contributed by atoms with Gasteiger partial charge in [0.25, 0.3) is 0 Å². The fourth-order valence-corrected chi connectivity index (χ4v) is 2.58. The van der Waals surface area contributed by atoms with Gasteiger partial charge < -0.3 is 0 Å². The van der Waals surface area contributed by atoms with E-state index >= 15 is 0 Å². The Hall–Kier alpha value is 0.210. The Morgan fingerprint density at radius 3 is 2.00 bits per heavy atom. The summed E-state index contributed by atoms with van der Waals surface area (Å²) in [6, 6.07) is 0. The lowest BCUT2D eigenvalue weighted by atomic mass is 9.49. The summed E-state index contributed by atoms with van der Waals surface area (Å²) >= 11 is 5.94. The molecule has 0 heterocycles. The Bertz CT molecular complexity index is 115. The van der Waals surface area contributed by atoms with Crippen molar-refractivity contribution >= 4 is 11.6 Å². The fourth-order valence-electron chi connectivity index (χ4n) is 1.82. The summed E-state index contributed by atoms with van der Waals surface area (Å²) in [6.07, 6.45) is 3.20. The predicted molar refractivity (Wildman–Crippen MR) is 32.5 cm³/mol. The summed E-state index contributed by atoms with van der Waals surface area (Å²) in [7, 11) is 0. The number of nitrogens with two attached hydrogens (primary N) is 1. The second-order valence-corrected chi connectivity index (χ2v) is 3.91. The Morgan fingerprint density at radius 1 is 1.38 bits per heavy atom. The number of hydrazine groups is 1. The molecule has 0 aromatic carbocycles. The van der Waals surface area contributed by atoms with Gasteiger partial charge in [-0.05, 0) is 19.3 Å². The first-order valence-corrected chi connectivity index (χ1v) is 3.23. The number of hydrogen-bond donors (Lipinski definition) is 2. The van der Waals surface area contributed by atoms with E-state index in [-0.39, 0.29) is 10.4 Å². The lowest BCUT2D eigenvalue weighted by Crippen LogP contribution is -2.76. The van der Waals surface area contributed by atoms with E-state index in [0.29, 0.717) is 0 Å². The molecule has 2 bridgehead atoms. The molecule has 0 aromatic heterocycles. The molecule has 0 aromatic rings. The highest BCUT2D eigenvalue weighted by atomic mass is 35.5. The SMILES string of the molecule is NNC12CC(Cl)(C1)C2. The van der Waals surface area contributed by atoms with Crippen molar-refractivity contribution in [2.75, 3.05) is 0 Å². The quantitative estimate of drug-likeness (QED) is 0.307. The maximum Gasteiger partial charge on any atom is 0.0501 e. The van der Waals surface area contributed by atoms with Crippen LogP contribution in [-0.2, 0) is 0 Å². The summed E-state index contributed by atoms with van der Waals surface area (Å²) in [4.78, 5) is 0.159. The first-order chi connectivity index (χ1) is 3.68. The summed E-state index contributed by atoms with van der Waals surface area (Å²) in [5.41, 5.74) is 3.05. The molecular formula is C5H9ClN2. The van der Waals surface area contributed by atoms with Crippen LogP contribution in [0.15, 0.2) is 0 Å². The Morgan fingerprint density at radius 2 is 1.88 bits per heavy atom. The van der Waals surface area contributed by atoms with Crippen LogP contribution < -0.4 is 11.3 Å². The van der Waals surface area contributed by atoms with Crippen LogP contribution in [0.25, 0.3) is 0 Å². The number of hydrogen-bond acceptors (Lipinski definition) is 2. The van der Waals surface area contributed by atoms with Crippen molar-refractivity contribution in [3.63, 3.8) is 0 Å². The molecule has 0 atom stereocenters. The van der Waals surface area contributed by atoms with Gasteiger partial charge in [0.05, 0.1) is 4.87 Å². The van der Waals surface area contributed by atoms with E-state index in [4.69, 9.17) is 17.4 Å². The third-order valence-corrected chi connectivity index (χ3v) is 2.67. The van der Waals surface area contributed by atoms with Gasteiger partial charge in [0.15, 0.2) is 0 Å². The smallest absolute Gasteiger partial charge is 0.0501 e. The summed E-state index contributed by atoms with van der Waals surface area (Å²) in [5, 5.41) is 0. The second kappa shape index (κ2) is 1.06. The van der Waals surface area contributed by atoms with E-state index in [9.17, 15) is 0 Å². The normalized spacial score (nSPS) is 59.2. The topological polar surface area (TPSA) is 38.0 Å². The first-order valence-electron chi connectivity index (χ1n) is 2.85. The van der Waals surface area contributed by atoms with Crippen molar-refractivity contribution in [1.29, 1.82) is 0 Å². The Labute approximate surface area is 53.4 Å². The Kier molecular flexibility index (Phi) is 0.666. The standard InChI is InChI=1S/C5H9ClN2/c6-4-1-5(2-4,3-4)8-7/h8H,1-3,7H2. The summed E-state index contributed by atoms with van der Waals surface area (Å²) < 4.78 is 0. The maximum absolute atomic E-state index is 5.94. The molecule has 0 saturated heterocycles. The molecule has 3 N–H and O–H groups in total. The molecule has 3 aliphatic carbocycles. The second-order valence-electron chi connectivity index (χ2n) is 3.11. The molecule has 46 valence electrons. The molecule has 3 heteroatoms. The number of halogens is 1. The van der Waals surface area contributed by atoms with Crippen LogP contribution in [0.1, 0.15) is 19.3 Å². The van der Waals surface area contributed by atoms with Gasteiger partial charge in [0.1, 0.15) is 0 Å². The van der Waals surface area contributed by atoms with Crippen LogP contribution in [0.4, 0.5) is 0 Å². The van der Waals surface area contributed by atoms with E-state index in [1.807, 2.05) is 0 Å². The Balaban J connectivity index is 2.04. The van der Waals surface area contributed by atoms with Crippen LogP contribution in [0.3, 0.4) is 0 Å². The minimum absolute atomic E-state index is 0.159. The molecule has 8 heavy (non-hydrogen) atoms. The zero-order chi connectivity index (χ0) is 5.83. The van der Waals surface area contributed by atoms with E-state index in [1.165, 1.54) is 0 Å². The van der Waals surface area contributed by atoms with Crippen molar-refractivity contribution in [2.45, 2.75) is 29.7 Å². The predicted octanol–water partition coefficient (Wildman–Crippen LogP) is 0.364. The average molecular weight is 133 g/mol. The molecule has 3 fully saturated rings. The molecule has 0 unspecified atom stereocenters. The summed E-state index contributed by atoms with van der Waals surface area (Å²) in [5.74, 6) is 5.26. The monoisotopic (exact) mass is 132 g/mol. The fraction of sp³-hybridized carbons (Fsp3) is 1.00. The summed E-state index contributed by atoms with van der Waals surface area (Å²) in [6.45, 7) is 0. The zero-order valence-corrected chi connectivity index (χ0v) is 5.33. The van der Waals surface area contributed by atoms with E-state index < -0.39 is 0 Å². The maximum atomic E-state index is 5.94. The van der Waals surface area contributed by atoms with Crippen molar-refractivity contribution in [2.24, 2.45) is 5.84 Å². The molecule has 2 nitrogen and oxygen atoms in total. The zero-order valence-electron chi connectivity index (χ0n) is 4.58.